The first-order chi connectivity index (χ1) is 9.95. The van der Waals surface area contributed by atoms with Gasteiger partial charge in [-0.2, -0.15) is 0 Å². The second-order valence-corrected chi connectivity index (χ2v) is 5.49. The number of benzene rings is 1. The fourth-order valence-corrected chi connectivity index (χ4v) is 2.54. The van der Waals surface area contributed by atoms with E-state index in [1.54, 1.807) is 4.90 Å². The first-order valence-corrected chi connectivity index (χ1v) is 7.06. The minimum Gasteiger partial charge on any atom is -0.481 e. The molecule has 114 valence electrons. The maximum absolute atomic E-state index is 13.0. The molecule has 0 radical (unpaired) electrons. The quantitative estimate of drug-likeness (QED) is 0.900. The highest BCUT2D eigenvalue weighted by molar-refractivity contribution is 6.31. The Morgan fingerprint density at radius 1 is 1.38 bits per heavy atom. The zero-order valence-corrected chi connectivity index (χ0v) is 12.1. The fourth-order valence-electron chi connectivity index (χ4n) is 2.36. The standard InChI is InChI=1S/C14H16ClFN2O3/c15-11-8-10(1-2-12(11)16)17-14(21)18-5-3-9(4-6-18)7-13(19)20/h1-2,8-9H,3-7H2,(H,17,21)(H,19,20). The van der Waals surface area contributed by atoms with E-state index < -0.39 is 11.8 Å². The van der Waals surface area contributed by atoms with Crippen LogP contribution in [0.2, 0.25) is 5.02 Å². The van der Waals surface area contributed by atoms with Gasteiger partial charge in [-0.1, -0.05) is 11.6 Å². The third-order valence-corrected chi connectivity index (χ3v) is 3.83. The number of nitrogens with one attached hydrogen (secondary N) is 1. The monoisotopic (exact) mass is 314 g/mol. The molecule has 0 saturated carbocycles. The largest absolute Gasteiger partial charge is 0.481 e. The number of halogens is 2. The summed E-state index contributed by atoms with van der Waals surface area (Å²) in [5.74, 6) is -1.23. The van der Waals surface area contributed by atoms with Crippen molar-refractivity contribution in [2.75, 3.05) is 18.4 Å². The summed E-state index contributed by atoms with van der Waals surface area (Å²) in [6.07, 6.45) is 1.48. The molecule has 21 heavy (non-hydrogen) atoms. The SMILES string of the molecule is O=C(O)CC1CCN(C(=O)Nc2ccc(F)c(Cl)c2)CC1. The summed E-state index contributed by atoms with van der Waals surface area (Å²) >= 11 is 5.66. The normalized spacial score (nSPS) is 15.8. The first kappa shape index (κ1) is 15.6. The van der Waals surface area contributed by atoms with Gasteiger partial charge in [0.1, 0.15) is 5.82 Å². The molecule has 7 heteroatoms. The first-order valence-electron chi connectivity index (χ1n) is 6.68. The Kier molecular flexibility index (Phi) is 5.01. The van der Waals surface area contributed by atoms with Gasteiger partial charge in [0.05, 0.1) is 5.02 Å². The summed E-state index contributed by atoms with van der Waals surface area (Å²) in [7, 11) is 0. The number of amides is 2. The van der Waals surface area contributed by atoms with Crippen LogP contribution in [-0.2, 0) is 4.79 Å². The summed E-state index contributed by atoms with van der Waals surface area (Å²) in [5, 5.41) is 11.4. The summed E-state index contributed by atoms with van der Waals surface area (Å²) in [4.78, 5) is 24.3. The van der Waals surface area contributed by atoms with Gasteiger partial charge in [0.15, 0.2) is 0 Å². The topological polar surface area (TPSA) is 69.6 Å². The number of hydrogen-bond donors (Lipinski definition) is 2. The Morgan fingerprint density at radius 3 is 2.62 bits per heavy atom. The zero-order chi connectivity index (χ0) is 15.4. The second-order valence-electron chi connectivity index (χ2n) is 5.09. The predicted molar refractivity (Wildman–Crippen MR) is 77.0 cm³/mol. The van der Waals surface area contributed by atoms with Crippen LogP contribution in [0.25, 0.3) is 0 Å². The minimum absolute atomic E-state index is 0.0482. The third kappa shape index (κ3) is 4.32. The number of carboxylic acid groups (broad SMARTS) is 1. The summed E-state index contributed by atoms with van der Waals surface area (Å²) in [5.41, 5.74) is 0.430. The van der Waals surface area contributed by atoms with Crippen molar-refractivity contribution in [2.45, 2.75) is 19.3 Å². The number of likely N-dealkylation sites (tertiary alicyclic amines) is 1. The van der Waals surface area contributed by atoms with E-state index in [4.69, 9.17) is 16.7 Å². The van der Waals surface area contributed by atoms with Gasteiger partial charge < -0.3 is 15.3 Å². The number of anilines is 1. The molecule has 1 saturated heterocycles. The number of piperidine rings is 1. The average molecular weight is 315 g/mol. The highest BCUT2D eigenvalue weighted by Gasteiger charge is 2.24. The molecule has 1 fully saturated rings. The summed E-state index contributed by atoms with van der Waals surface area (Å²) in [6.45, 7) is 1.03. The van der Waals surface area contributed by atoms with Crippen LogP contribution in [0.5, 0.6) is 0 Å². The van der Waals surface area contributed by atoms with Gasteiger partial charge in [-0.15, -0.1) is 0 Å². The molecule has 0 unspecified atom stereocenters. The van der Waals surface area contributed by atoms with Crippen molar-refractivity contribution in [1.29, 1.82) is 0 Å². The Labute approximate surface area is 126 Å². The minimum atomic E-state index is -0.807. The molecule has 1 heterocycles. The lowest BCUT2D eigenvalue weighted by molar-refractivity contribution is -0.138. The van der Waals surface area contributed by atoms with Crippen LogP contribution in [0.1, 0.15) is 19.3 Å². The van der Waals surface area contributed by atoms with E-state index in [0.29, 0.717) is 31.6 Å². The number of nitrogens with zero attached hydrogens (tertiary/aromatic N) is 1. The van der Waals surface area contributed by atoms with Gasteiger partial charge in [-0.05, 0) is 37.0 Å². The molecule has 0 bridgehead atoms. The number of aliphatic carboxylic acids is 1. The molecule has 1 aliphatic rings. The Hall–Kier alpha value is -1.82. The molecule has 2 rings (SSSR count). The van der Waals surface area contributed by atoms with Gasteiger partial charge in [0.2, 0.25) is 0 Å². The number of urea groups is 1. The summed E-state index contributed by atoms with van der Waals surface area (Å²) < 4.78 is 13.0. The van der Waals surface area contributed by atoms with Gasteiger partial charge in [-0.3, -0.25) is 4.79 Å². The molecular weight excluding hydrogens is 299 g/mol. The van der Waals surface area contributed by atoms with E-state index >= 15 is 0 Å². The smallest absolute Gasteiger partial charge is 0.321 e. The molecule has 0 atom stereocenters. The summed E-state index contributed by atoms with van der Waals surface area (Å²) in [6, 6.07) is 3.70. The van der Waals surface area contributed by atoms with Crippen molar-refractivity contribution in [3.8, 4) is 0 Å². The fraction of sp³-hybridized carbons (Fsp3) is 0.429. The Morgan fingerprint density at radius 2 is 2.05 bits per heavy atom. The maximum atomic E-state index is 13.0. The van der Waals surface area contributed by atoms with E-state index in [2.05, 4.69) is 5.32 Å². The Bertz CT molecular complexity index is 545. The molecule has 5 nitrogen and oxygen atoms in total. The molecule has 1 aromatic rings. The van der Waals surface area contributed by atoms with Crippen LogP contribution < -0.4 is 5.32 Å². The van der Waals surface area contributed by atoms with Gasteiger partial charge >= 0.3 is 12.0 Å². The molecule has 2 N–H and O–H groups in total. The zero-order valence-electron chi connectivity index (χ0n) is 11.3. The molecule has 0 aliphatic carbocycles. The van der Waals surface area contributed by atoms with Crippen molar-refractivity contribution in [1.82, 2.24) is 4.90 Å². The van der Waals surface area contributed by atoms with E-state index in [1.165, 1.54) is 18.2 Å². The number of carbonyl (C=O) groups excluding carboxylic acids is 1. The van der Waals surface area contributed by atoms with Crippen LogP contribution in [0.3, 0.4) is 0 Å². The lowest BCUT2D eigenvalue weighted by Crippen LogP contribution is -2.41. The second kappa shape index (κ2) is 6.76. The van der Waals surface area contributed by atoms with Gasteiger partial charge in [0.25, 0.3) is 0 Å². The molecule has 2 amide bonds. The highest BCUT2D eigenvalue weighted by atomic mass is 35.5. The van der Waals surface area contributed by atoms with E-state index in [9.17, 15) is 14.0 Å². The van der Waals surface area contributed by atoms with Crippen LogP contribution >= 0.6 is 11.6 Å². The van der Waals surface area contributed by atoms with Crippen LogP contribution in [-0.4, -0.2) is 35.1 Å². The van der Waals surface area contributed by atoms with Crippen LogP contribution in [0, 0.1) is 11.7 Å². The van der Waals surface area contributed by atoms with Crippen molar-refractivity contribution >= 4 is 29.3 Å². The molecule has 0 spiro atoms. The van der Waals surface area contributed by atoms with Crippen molar-refractivity contribution < 1.29 is 19.1 Å². The van der Waals surface area contributed by atoms with E-state index in [-0.39, 0.29) is 23.4 Å². The predicted octanol–water partition coefficient (Wildman–Crippen LogP) is 3.20. The maximum Gasteiger partial charge on any atom is 0.321 e. The number of carbonyl (C=O) groups is 2. The Balaban J connectivity index is 1.87. The molecule has 1 aromatic carbocycles. The molecular formula is C14H16ClFN2O3. The lowest BCUT2D eigenvalue weighted by atomic mass is 9.94. The third-order valence-electron chi connectivity index (χ3n) is 3.54. The number of rotatable bonds is 3. The average Bonchev–Trinajstić information content (AvgIpc) is 2.43. The van der Waals surface area contributed by atoms with Crippen LogP contribution in [0.15, 0.2) is 18.2 Å². The lowest BCUT2D eigenvalue weighted by Gasteiger charge is -2.31. The number of carboxylic acids is 1. The van der Waals surface area contributed by atoms with Crippen LogP contribution in [0.4, 0.5) is 14.9 Å². The van der Waals surface area contributed by atoms with E-state index in [0.717, 1.165) is 0 Å². The van der Waals surface area contributed by atoms with Gasteiger partial charge in [0, 0.05) is 25.2 Å². The van der Waals surface area contributed by atoms with Crippen molar-refractivity contribution in [2.24, 2.45) is 5.92 Å². The van der Waals surface area contributed by atoms with Gasteiger partial charge in [-0.25, -0.2) is 9.18 Å². The molecule has 1 aliphatic heterocycles. The number of hydrogen-bond acceptors (Lipinski definition) is 2. The highest BCUT2D eigenvalue weighted by Crippen LogP contribution is 2.22. The van der Waals surface area contributed by atoms with Crippen molar-refractivity contribution in [3.05, 3.63) is 29.0 Å². The molecule has 0 aromatic heterocycles. The van der Waals surface area contributed by atoms with E-state index in [1.807, 2.05) is 0 Å². The van der Waals surface area contributed by atoms with Crippen molar-refractivity contribution in [3.63, 3.8) is 0 Å².